The highest BCUT2D eigenvalue weighted by atomic mass is 16.3. The van der Waals surface area contributed by atoms with Gasteiger partial charge in [0.15, 0.2) is 0 Å². The standard InChI is InChI=1S/C15H22N2O2/c1-10-7-13(11(2)12(3)14(10)19)16-8-15(9-18)5-4-6-17-15/h7,9,16-17,19H,4-6,8H2,1-3H3. The second-order valence-corrected chi connectivity index (χ2v) is 5.50. The van der Waals surface area contributed by atoms with Crippen molar-refractivity contribution in [3.8, 4) is 5.75 Å². The zero-order chi connectivity index (χ0) is 14.0. The molecule has 0 saturated carbocycles. The van der Waals surface area contributed by atoms with Crippen LogP contribution in [0.4, 0.5) is 5.69 Å². The van der Waals surface area contributed by atoms with Crippen LogP contribution < -0.4 is 10.6 Å². The third-order valence-corrected chi connectivity index (χ3v) is 4.15. The number of anilines is 1. The molecule has 0 spiro atoms. The van der Waals surface area contributed by atoms with E-state index in [1.165, 1.54) is 0 Å². The van der Waals surface area contributed by atoms with Crippen LogP contribution in [0.1, 0.15) is 29.5 Å². The van der Waals surface area contributed by atoms with Crippen molar-refractivity contribution in [3.05, 3.63) is 22.8 Å². The fourth-order valence-corrected chi connectivity index (χ4v) is 2.63. The van der Waals surface area contributed by atoms with Gasteiger partial charge in [0.2, 0.25) is 0 Å². The van der Waals surface area contributed by atoms with Gasteiger partial charge >= 0.3 is 0 Å². The third-order valence-electron chi connectivity index (χ3n) is 4.15. The SMILES string of the molecule is Cc1cc(NCC2(C=O)CCCN2)c(C)c(C)c1O. The van der Waals surface area contributed by atoms with E-state index in [9.17, 15) is 9.90 Å². The maximum atomic E-state index is 11.3. The van der Waals surface area contributed by atoms with Crippen molar-refractivity contribution in [1.29, 1.82) is 0 Å². The van der Waals surface area contributed by atoms with E-state index >= 15 is 0 Å². The van der Waals surface area contributed by atoms with E-state index < -0.39 is 5.54 Å². The van der Waals surface area contributed by atoms with E-state index in [4.69, 9.17) is 0 Å². The van der Waals surface area contributed by atoms with E-state index in [1.807, 2.05) is 26.8 Å². The minimum Gasteiger partial charge on any atom is -0.507 e. The topological polar surface area (TPSA) is 61.4 Å². The second kappa shape index (κ2) is 5.21. The van der Waals surface area contributed by atoms with Gasteiger partial charge in [-0.2, -0.15) is 0 Å². The summed E-state index contributed by atoms with van der Waals surface area (Å²) in [6.07, 6.45) is 2.92. The molecule has 3 N–H and O–H groups in total. The fourth-order valence-electron chi connectivity index (χ4n) is 2.63. The van der Waals surface area contributed by atoms with Gasteiger partial charge in [0.25, 0.3) is 0 Å². The lowest BCUT2D eigenvalue weighted by Crippen LogP contribution is -2.47. The highest BCUT2D eigenvalue weighted by Crippen LogP contribution is 2.31. The van der Waals surface area contributed by atoms with Gasteiger partial charge in [0, 0.05) is 12.2 Å². The van der Waals surface area contributed by atoms with Gasteiger partial charge in [-0.15, -0.1) is 0 Å². The molecule has 0 bridgehead atoms. The molecule has 0 aliphatic carbocycles. The van der Waals surface area contributed by atoms with Crippen LogP contribution in [0.25, 0.3) is 0 Å². The number of nitrogens with one attached hydrogen (secondary N) is 2. The smallest absolute Gasteiger partial charge is 0.141 e. The van der Waals surface area contributed by atoms with Crippen LogP contribution in [0.15, 0.2) is 6.07 Å². The van der Waals surface area contributed by atoms with Gasteiger partial charge in [-0.25, -0.2) is 0 Å². The molecular formula is C15H22N2O2. The minimum absolute atomic E-state index is 0.354. The van der Waals surface area contributed by atoms with E-state index in [0.717, 1.165) is 48.1 Å². The summed E-state index contributed by atoms with van der Waals surface area (Å²) in [6, 6.07) is 1.94. The van der Waals surface area contributed by atoms with Gasteiger partial charge in [0.05, 0.1) is 5.54 Å². The molecule has 4 nitrogen and oxygen atoms in total. The maximum Gasteiger partial charge on any atom is 0.141 e. The number of carbonyl (C=O) groups is 1. The Morgan fingerprint density at radius 2 is 2.16 bits per heavy atom. The minimum atomic E-state index is -0.438. The molecular weight excluding hydrogens is 240 g/mol. The van der Waals surface area contributed by atoms with E-state index in [2.05, 4.69) is 10.6 Å². The quantitative estimate of drug-likeness (QED) is 0.574. The number of aryl methyl sites for hydroxylation is 1. The number of aldehydes is 1. The van der Waals surface area contributed by atoms with Crippen LogP contribution in [0.5, 0.6) is 5.75 Å². The first kappa shape index (κ1) is 13.9. The molecule has 1 aliphatic heterocycles. The normalized spacial score (nSPS) is 22.5. The molecule has 1 fully saturated rings. The molecule has 0 aromatic heterocycles. The molecule has 1 aromatic rings. The van der Waals surface area contributed by atoms with Crippen molar-refractivity contribution in [3.63, 3.8) is 0 Å². The van der Waals surface area contributed by atoms with Crippen molar-refractivity contribution < 1.29 is 9.90 Å². The third kappa shape index (κ3) is 2.59. The van der Waals surface area contributed by atoms with Crippen molar-refractivity contribution in [2.45, 2.75) is 39.2 Å². The number of hydrogen-bond donors (Lipinski definition) is 3. The summed E-state index contributed by atoms with van der Waals surface area (Å²) in [4.78, 5) is 11.3. The second-order valence-electron chi connectivity index (χ2n) is 5.50. The average Bonchev–Trinajstić information content (AvgIpc) is 2.88. The van der Waals surface area contributed by atoms with Crippen LogP contribution in [0.2, 0.25) is 0 Å². The summed E-state index contributed by atoms with van der Waals surface area (Å²) >= 11 is 0. The number of hydrogen-bond acceptors (Lipinski definition) is 4. The average molecular weight is 262 g/mol. The molecule has 1 heterocycles. The number of carbonyl (C=O) groups excluding carboxylic acids is 1. The molecule has 4 heteroatoms. The van der Waals surface area contributed by atoms with Crippen molar-refractivity contribution >= 4 is 12.0 Å². The van der Waals surface area contributed by atoms with E-state index in [1.54, 1.807) is 0 Å². The molecule has 1 aromatic carbocycles. The Kier molecular flexibility index (Phi) is 3.80. The van der Waals surface area contributed by atoms with Crippen molar-refractivity contribution in [1.82, 2.24) is 5.32 Å². The Morgan fingerprint density at radius 3 is 2.74 bits per heavy atom. The summed E-state index contributed by atoms with van der Waals surface area (Å²) in [6.45, 7) is 7.25. The van der Waals surface area contributed by atoms with Crippen LogP contribution in [0.3, 0.4) is 0 Å². The van der Waals surface area contributed by atoms with Crippen molar-refractivity contribution in [2.24, 2.45) is 0 Å². The lowest BCUT2D eigenvalue weighted by molar-refractivity contribution is -0.112. The number of benzene rings is 1. The predicted octanol–water partition coefficient (Wildman–Crippen LogP) is 2.05. The first-order valence-corrected chi connectivity index (χ1v) is 6.74. The summed E-state index contributed by atoms with van der Waals surface area (Å²) in [5.41, 5.74) is 3.32. The van der Waals surface area contributed by atoms with Crippen molar-refractivity contribution in [2.75, 3.05) is 18.4 Å². The molecule has 0 radical (unpaired) electrons. The fraction of sp³-hybridized carbons (Fsp3) is 0.533. The lowest BCUT2D eigenvalue weighted by Gasteiger charge is -2.25. The molecule has 19 heavy (non-hydrogen) atoms. The lowest BCUT2D eigenvalue weighted by atomic mass is 9.98. The first-order valence-electron chi connectivity index (χ1n) is 6.74. The van der Waals surface area contributed by atoms with Gasteiger partial charge in [-0.1, -0.05) is 0 Å². The summed E-state index contributed by atoms with van der Waals surface area (Å²) in [7, 11) is 0. The molecule has 2 rings (SSSR count). The number of phenols is 1. The van der Waals surface area contributed by atoms with Gasteiger partial charge < -0.3 is 20.5 Å². The zero-order valence-electron chi connectivity index (χ0n) is 11.8. The Balaban J connectivity index is 2.18. The van der Waals surface area contributed by atoms with Crippen LogP contribution >= 0.6 is 0 Å². The Morgan fingerprint density at radius 1 is 1.42 bits per heavy atom. The number of aromatic hydroxyl groups is 1. The van der Waals surface area contributed by atoms with Crippen LogP contribution in [0, 0.1) is 20.8 Å². The Labute approximate surface area is 114 Å². The van der Waals surface area contributed by atoms with Crippen LogP contribution in [-0.2, 0) is 4.79 Å². The van der Waals surface area contributed by atoms with Gasteiger partial charge in [0.1, 0.15) is 12.0 Å². The van der Waals surface area contributed by atoms with Crippen LogP contribution in [-0.4, -0.2) is 30.0 Å². The number of rotatable bonds is 4. The Hall–Kier alpha value is -1.55. The molecule has 1 atom stereocenters. The molecule has 0 amide bonds. The summed E-state index contributed by atoms with van der Waals surface area (Å²) in [5, 5.41) is 16.5. The maximum absolute atomic E-state index is 11.3. The van der Waals surface area contributed by atoms with E-state index in [-0.39, 0.29) is 0 Å². The summed E-state index contributed by atoms with van der Waals surface area (Å²) in [5.74, 6) is 0.354. The number of phenolic OH excluding ortho intramolecular Hbond substituents is 1. The summed E-state index contributed by atoms with van der Waals surface area (Å²) < 4.78 is 0. The zero-order valence-corrected chi connectivity index (χ0v) is 11.8. The largest absolute Gasteiger partial charge is 0.507 e. The van der Waals surface area contributed by atoms with E-state index in [0.29, 0.717) is 12.3 Å². The molecule has 104 valence electrons. The Bertz CT molecular complexity index is 491. The van der Waals surface area contributed by atoms with Gasteiger partial charge in [-0.05, 0) is 62.9 Å². The molecule has 1 unspecified atom stereocenters. The monoisotopic (exact) mass is 262 g/mol. The highest BCUT2D eigenvalue weighted by Gasteiger charge is 2.32. The molecule has 1 saturated heterocycles. The first-order chi connectivity index (χ1) is 8.99. The highest BCUT2D eigenvalue weighted by molar-refractivity contribution is 5.68. The molecule has 1 aliphatic rings. The predicted molar refractivity (Wildman–Crippen MR) is 76.8 cm³/mol. The van der Waals surface area contributed by atoms with Gasteiger partial charge in [-0.3, -0.25) is 0 Å².